The van der Waals surface area contributed by atoms with Crippen molar-refractivity contribution in [1.29, 1.82) is 0 Å². The number of rotatable bonds is 2. The lowest BCUT2D eigenvalue weighted by Gasteiger charge is -2.10. The van der Waals surface area contributed by atoms with Crippen molar-refractivity contribution in [3.63, 3.8) is 0 Å². The van der Waals surface area contributed by atoms with Gasteiger partial charge in [-0.05, 0) is 18.2 Å². The summed E-state index contributed by atoms with van der Waals surface area (Å²) in [7, 11) is 0. The van der Waals surface area contributed by atoms with E-state index >= 15 is 0 Å². The number of fused-ring (bicyclic) bond motifs is 1. The lowest BCUT2D eigenvalue weighted by molar-refractivity contribution is 0.0946. The highest BCUT2D eigenvalue weighted by atomic mass is 16.1. The molecule has 108 valence electrons. The molecule has 6 heteroatoms. The zero-order valence-corrected chi connectivity index (χ0v) is 11.7. The molecule has 4 rings (SSSR count). The summed E-state index contributed by atoms with van der Waals surface area (Å²) < 4.78 is 0. The van der Waals surface area contributed by atoms with Gasteiger partial charge in [0.25, 0.3) is 5.91 Å². The smallest absolute Gasteiger partial charge is 0.253 e. The molecule has 2 N–H and O–H groups in total. The van der Waals surface area contributed by atoms with Gasteiger partial charge in [-0.15, -0.1) is 0 Å². The molecule has 0 saturated carbocycles. The van der Waals surface area contributed by atoms with Crippen LogP contribution in [0.3, 0.4) is 0 Å². The first kappa shape index (κ1) is 12.7. The van der Waals surface area contributed by atoms with E-state index in [0.717, 1.165) is 40.2 Å². The first-order valence-electron chi connectivity index (χ1n) is 7.03. The summed E-state index contributed by atoms with van der Waals surface area (Å²) in [5.41, 5.74) is 5.27. The second-order valence-corrected chi connectivity index (χ2v) is 5.14. The van der Waals surface area contributed by atoms with Gasteiger partial charge in [-0.1, -0.05) is 0 Å². The van der Waals surface area contributed by atoms with Gasteiger partial charge < -0.3 is 10.3 Å². The van der Waals surface area contributed by atoms with Gasteiger partial charge in [-0.25, -0.2) is 9.97 Å². The Balaban J connectivity index is 1.76. The highest BCUT2D eigenvalue weighted by molar-refractivity contribution is 5.97. The minimum atomic E-state index is -0.0190. The van der Waals surface area contributed by atoms with Crippen LogP contribution in [0.2, 0.25) is 0 Å². The number of nitrogens with one attached hydrogen (secondary N) is 2. The van der Waals surface area contributed by atoms with Crippen LogP contribution in [0.25, 0.3) is 22.5 Å². The van der Waals surface area contributed by atoms with Crippen LogP contribution >= 0.6 is 0 Å². The molecule has 0 radical (unpaired) electrons. The van der Waals surface area contributed by atoms with E-state index in [1.807, 2.05) is 18.2 Å². The van der Waals surface area contributed by atoms with Crippen molar-refractivity contribution in [3.8, 4) is 22.5 Å². The average molecular weight is 291 g/mol. The summed E-state index contributed by atoms with van der Waals surface area (Å²) in [6.07, 6.45) is 7.52. The Hall–Kier alpha value is -3.02. The zero-order valence-electron chi connectivity index (χ0n) is 11.7. The molecule has 0 bridgehead atoms. The normalized spacial score (nSPS) is 13.5. The highest BCUT2D eigenvalue weighted by Crippen LogP contribution is 2.26. The monoisotopic (exact) mass is 291 g/mol. The molecule has 1 aliphatic heterocycles. The van der Waals surface area contributed by atoms with Crippen LogP contribution in [0.1, 0.15) is 16.1 Å². The second kappa shape index (κ2) is 5.07. The van der Waals surface area contributed by atoms with Crippen molar-refractivity contribution in [2.75, 3.05) is 6.54 Å². The molecular weight excluding hydrogens is 278 g/mol. The van der Waals surface area contributed by atoms with E-state index in [4.69, 9.17) is 0 Å². The molecule has 0 saturated heterocycles. The fourth-order valence-electron chi connectivity index (χ4n) is 2.64. The number of amides is 1. The predicted octanol–water partition coefficient (Wildman–Crippen LogP) is 1.82. The summed E-state index contributed by atoms with van der Waals surface area (Å²) in [6, 6.07) is 5.78. The third kappa shape index (κ3) is 2.14. The molecular formula is C16H13N5O. The Kier molecular flexibility index (Phi) is 2.93. The van der Waals surface area contributed by atoms with Crippen molar-refractivity contribution in [2.45, 2.75) is 6.42 Å². The molecule has 1 aliphatic rings. The van der Waals surface area contributed by atoms with Crippen LogP contribution < -0.4 is 5.32 Å². The van der Waals surface area contributed by atoms with Gasteiger partial charge >= 0.3 is 0 Å². The zero-order chi connectivity index (χ0) is 14.9. The van der Waals surface area contributed by atoms with Crippen LogP contribution in [0.5, 0.6) is 0 Å². The number of aromatic amines is 1. The Morgan fingerprint density at radius 2 is 1.95 bits per heavy atom. The van der Waals surface area contributed by atoms with Gasteiger partial charge in [0.05, 0.1) is 11.3 Å². The summed E-state index contributed by atoms with van der Waals surface area (Å²) in [5, 5.41) is 2.85. The topological polar surface area (TPSA) is 83.6 Å². The van der Waals surface area contributed by atoms with Crippen LogP contribution in [-0.2, 0) is 6.42 Å². The van der Waals surface area contributed by atoms with Gasteiger partial charge in [-0.2, -0.15) is 0 Å². The van der Waals surface area contributed by atoms with Crippen LogP contribution in [0, 0.1) is 0 Å². The van der Waals surface area contributed by atoms with Crippen molar-refractivity contribution >= 4 is 5.91 Å². The predicted molar refractivity (Wildman–Crippen MR) is 81.1 cm³/mol. The number of hydrogen-bond acceptors (Lipinski definition) is 4. The van der Waals surface area contributed by atoms with Crippen molar-refractivity contribution < 1.29 is 4.79 Å². The largest absolute Gasteiger partial charge is 0.358 e. The number of carbonyl (C=O) groups is 1. The van der Waals surface area contributed by atoms with Gasteiger partial charge in [0.2, 0.25) is 0 Å². The Morgan fingerprint density at radius 1 is 1.09 bits per heavy atom. The average Bonchev–Trinajstić information content (AvgIpc) is 3.02. The second-order valence-electron chi connectivity index (χ2n) is 5.14. The molecule has 22 heavy (non-hydrogen) atoms. The lowest BCUT2D eigenvalue weighted by Crippen LogP contribution is -2.31. The van der Waals surface area contributed by atoms with Gasteiger partial charge in [0.15, 0.2) is 0 Å². The van der Waals surface area contributed by atoms with Crippen molar-refractivity contribution in [2.24, 2.45) is 0 Å². The molecule has 1 amide bonds. The number of H-pyrrole nitrogens is 1. The molecule has 0 spiro atoms. The van der Waals surface area contributed by atoms with Crippen molar-refractivity contribution in [3.05, 3.63) is 54.4 Å². The molecule has 0 aromatic carbocycles. The number of aromatic nitrogens is 4. The summed E-state index contributed by atoms with van der Waals surface area (Å²) in [5.74, 6) is -0.0190. The fraction of sp³-hybridized carbons (Fsp3) is 0.125. The molecule has 0 atom stereocenters. The SMILES string of the molecule is O=C1NCCc2[nH]c(-c3ccnc(-c4cncnc4)c3)cc21. The summed E-state index contributed by atoms with van der Waals surface area (Å²) >= 11 is 0. The van der Waals surface area contributed by atoms with E-state index in [1.165, 1.54) is 6.33 Å². The van der Waals surface area contributed by atoms with E-state index in [-0.39, 0.29) is 5.91 Å². The van der Waals surface area contributed by atoms with E-state index in [9.17, 15) is 4.79 Å². The van der Waals surface area contributed by atoms with Gasteiger partial charge in [0.1, 0.15) is 6.33 Å². The number of hydrogen-bond donors (Lipinski definition) is 2. The quantitative estimate of drug-likeness (QED) is 0.754. The Morgan fingerprint density at radius 3 is 2.77 bits per heavy atom. The molecule has 0 aliphatic carbocycles. The number of nitrogens with zero attached hydrogens (tertiary/aromatic N) is 3. The molecule has 6 nitrogen and oxygen atoms in total. The van der Waals surface area contributed by atoms with E-state index in [1.54, 1.807) is 18.6 Å². The maximum Gasteiger partial charge on any atom is 0.253 e. The van der Waals surface area contributed by atoms with Crippen molar-refractivity contribution in [1.82, 2.24) is 25.3 Å². The maximum absolute atomic E-state index is 11.9. The minimum Gasteiger partial charge on any atom is -0.358 e. The Bertz CT molecular complexity index is 841. The van der Waals surface area contributed by atoms with E-state index in [0.29, 0.717) is 6.54 Å². The lowest BCUT2D eigenvalue weighted by atomic mass is 10.1. The van der Waals surface area contributed by atoms with Gasteiger partial charge in [0, 0.05) is 54.1 Å². The highest BCUT2D eigenvalue weighted by Gasteiger charge is 2.20. The van der Waals surface area contributed by atoms with E-state index in [2.05, 4.69) is 25.3 Å². The summed E-state index contributed by atoms with van der Waals surface area (Å²) in [6.45, 7) is 0.675. The molecule has 3 aromatic rings. The Labute approximate surface area is 126 Å². The number of pyridine rings is 1. The first-order chi connectivity index (χ1) is 10.8. The third-order valence-corrected chi connectivity index (χ3v) is 3.73. The fourth-order valence-corrected chi connectivity index (χ4v) is 2.64. The molecule has 0 unspecified atom stereocenters. The third-order valence-electron chi connectivity index (χ3n) is 3.73. The van der Waals surface area contributed by atoms with Crippen LogP contribution in [0.15, 0.2) is 43.1 Å². The summed E-state index contributed by atoms with van der Waals surface area (Å²) in [4.78, 5) is 27.6. The molecule has 3 aromatic heterocycles. The van der Waals surface area contributed by atoms with Crippen LogP contribution in [0.4, 0.5) is 0 Å². The first-order valence-corrected chi connectivity index (χ1v) is 7.03. The molecule has 0 fully saturated rings. The molecule has 4 heterocycles. The maximum atomic E-state index is 11.9. The number of carbonyl (C=O) groups excluding carboxylic acids is 1. The minimum absolute atomic E-state index is 0.0190. The standard InChI is InChI=1S/C16H13N5O/c22-16-12-6-15(21-13(12)2-4-20-16)10-1-3-19-14(5-10)11-7-17-9-18-8-11/h1,3,5-9,21H,2,4H2,(H,20,22). The van der Waals surface area contributed by atoms with Crippen LogP contribution in [-0.4, -0.2) is 32.4 Å². The van der Waals surface area contributed by atoms with E-state index < -0.39 is 0 Å². The van der Waals surface area contributed by atoms with Gasteiger partial charge in [-0.3, -0.25) is 9.78 Å².